The summed E-state index contributed by atoms with van der Waals surface area (Å²) >= 11 is 1.61. The standard InChI is InChI=1S/C22H20N4O3S/c1-29-21-17-6-2-3-7-18(17)22(28)26(25-21)13-20(27)24-19(11-15-8-10-30-14-15)16-5-4-9-23-12-16/h2-10,12,14,19H,11,13H2,1H3,(H,24,27). The Kier molecular flexibility index (Phi) is 5.85. The number of aromatic nitrogens is 3. The average Bonchev–Trinajstić information content (AvgIpc) is 3.29. The molecule has 0 radical (unpaired) electrons. The van der Waals surface area contributed by atoms with Gasteiger partial charge in [0, 0.05) is 12.4 Å². The summed E-state index contributed by atoms with van der Waals surface area (Å²) in [6, 6.07) is 12.6. The number of methoxy groups -OCH3 is 1. The van der Waals surface area contributed by atoms with Gasteiger partial charge >= 0.3 is 0 Å². The molecule has 1 atom stereocenters. The molecule has 1 N–H and O–H groups in total. The van der Waals surface area contributed by atoms with Crippen molar-refractivity contribution in [2.45, 2.75) is 19.0 Å². The summed E-state index contributed by atoms with van der Waals surface area (Å²) in [6.07, 6.45) is 4.06. The molecular formula is C22H20N4O3S. The van der Waals surface area contributed by atoms with E-state index in [0.29, 0.717) is 23.1 Å². The van der Waals surface area contributed by atoms with Gasteiger partial charge in [-0.05, 0) is 52.6 Å². The topological polar surface area (TPSA) is 86.1 Å². The molecule has 0 fully saturated rings. The molecule has 0 bridgehead atoms. The normalized spacial score (nSPS) is 11.9. The van der Waals surface area contributed by atoms with Crippen molar-refractivity contribution in [3.63, 3.8) is 0 Å². The third-order valence-electron chi connectivity index (χ3n) is 4.76. The second-order valence-corrected chi connectivity index (χ2v) is 7.54. The van der Waals surface area contributed by atoms with E-state index in [0.717, 1.165) is 15.8 Å². The highest BCUT2D eigenvalue weighted by molar-refractivity contribution is 7.07. The lowest BCUT2D eigenvalue weighted by Crippen LogP contribution is -2.36. The third kappa shape index (κ3) is 4.23. The van der Waals surface area contributed by atoms with Gasteiger partial charge in [-0.25, -0.2) is 4.68 Å². The van der Waals surface area contributed by atoms with E-state index in [-0.39, 0.29) is 24.1 Å². The second kappa shape index (κ2) is 8.87. The molecule has 0 aliphatic rings. The maximum Gasteiger partial charge on any atom is 0.275 e. The molecule has 7 nitrogen and oxygen atoms in total. The number of carbonyl (C=O) groups excluding carboxylic acids is 1. The van der Waals surface area contributed by atoms with Crippen LogP contribution in [0.4, 0.5) is 0 Å². The quantitative estimate of drug-likeness (QED) is 0.497. The Balaban J connectivity index is 1.59. The fraction of sp³-hybridized carbons (Fsp3) is 0.182. The highest BCUT2D eigenvalue weighted by Gasteiger charge is 2.18. The zero-order valence-corrected chi connectivity index (χ0v) is 17.1. The Morgan fingerprint density at radius 2 is 2.03 bits per heavy atom. The van der Waals surface area contributed by atoms with Crippen LogP contribution in [-0.4, -0.2) is 27.8 Å². The third-order valence-corrected chi connectivity index (χ3v) is 5.49. The van der Waals surface area contributed by atoms with Crippen LogP contribution in [0.3, 0.4) is 0 Å². The first-order chi connectivity index (χ1) is 14.7. The number of benzene rings is 1. The summed E-state index contributed by atoms with van der Waals surface area (Å²) in [4.78, 5) is 29.8. The first kappa shape index (κ1) is 19.8. The van der Waals surface area contributed by atoms with Crippen molar-refractivity contribution in [1.29, 1.82) is 0 Å². The zero-order valence-electron chi connectivity index (χ0n) is 16.3. The predicted molar refractivity (Wildman–Crippen MR) is 116 cm³/mol. The number of amides is 1. The lowest BCUT2D eigenvalue weighted by Gasteiger charge is -2.19. The van der Waals surface area contributed by atoms with E-state index < -0.39 is 0 Å². The summed E-state index contributed by atoms with van der Waals surface area (Å²) in [6.45, 7) is -0.208. The van der Waals surface area contributed by atoms with Gasteiger partial charge in [0.2, 0.25) is 11.8 Å². The van der Waals surface area contributed by atoms with Crippen LogP contribution in [0.1, 0.15) is 17.2 Å². The van der Waals surface area contributed by atoms with Crippen LogP contribution >= 0.6 is 11.3 Å². The lowest BCUT2D eigenvalue weighted by atomic mass is 10.0. The molecule has 1 aromatic carbocycles. The Hall–Kier alpha value is -3.52. The summed E-state index contributed by atoms with van der Waals surface area (Å²) in [5.74, 6) is -0.00824. The van der Waals surface area contributed by atoms with E-state index >= 15 is 0 Å². The minimum Gasteiger partial charge on any atom is -0.480 e. The largest absolute Gasteiger partial charge is 0.480 e. The number of hydrogen-bond donors (Lipinski definition) is 1. The van der Waals surface area contributed by atoms with Crippen molar-refractivity contribution in [3.8, 4) is 5.88 Å². The maximum absolute atomic E-state index is 12.8. The van der Waals surface area contributed by atoms with E-state index in [4.69, 9.17) is 4.74 Å². The lowest BCUT2D eigenvalue weighted by molar-refractivity contribution is -0.122. The van der Waals surface area contributed by atoms with E-state index in [1.807, 2.05) is 29.6 Å². The van der Waals surface area contributed by atoms with Gasteiger partial charge in [0.25, 0.3) is 5.56 Å². The number of nitrogens with one attached hydrogen (secondary N) is 1. The van der Waals surface area contributed by atoms with Crippen molar-refractivity contribution < 1.29 is 9.53 Å². The van der Waals surface area contributed by atoms with Crippen molar-refractivity contribution in [2.24, 2.45) is 0 Å². The van der Waals surface area contributed by atoms with Crippen LogP contribution < -0.4 is 15.6 Å². The van der Waals surface area contributed by atoms with E-state index in [1.54, 1.807) is 41.9 Å². The van der Waals surface area contributed by atoms with Crippen molar-refractivity contribution in [2.75, 3.05) is 7.11 Å². The number of ether oxygens (including phenoxy) is 1. The molecule has 0 saturated carbocycles. The van der Waals surface area contributed by atoms with Crippen LogP contribution in [0.15, 0.2) is 70.4 Å². The van der Waals surface area contributed by atoms with Gasteiger partial charge in [0.15, 0.2) is 0 Å². The van der Waals surface area contributed by atoms with Gasteiger partial charge in [0.05, 0.1) is 23.9 Å². The number of thiophene rings is 1. The van der Waals surface area contributed by atoms with Crippen LogP contribution in [0.5, 0.6) is 5.88 Å². The van der Waals surface area contributed by atoms with Gasteiger partial charge in [0.1, 0.15) is 6.54 Å². The number of carbonyl (C=O) groups is 1. The van der Waals surface area contributed by atoms with Gasteiger partial charge < -0.3 is 10.1 Å². The monoisotopic (exact) mass is 420 g/mol. The van der Waals surface area contributed by atoms with Gasteiger partial charge in [-0.15, -0.1) is 5.10 Å². The summed E-state index contributed by atoms with van der Waals surface area (Å²) in [5.41, 5.74) is 1.68. The van der Waals surface area contributed by atoms with Crippen LogP contribution in [0.25, 0.3) is 10.8 Å². The summed E-state index contributed by atoms with van der Waals surface area (Å²) in [5, 5.41) is 12.4. The molecule has 152 valence electrons. The van der Waals surface area contributed by atoms with Crippen molar-refractivity contribution in [1.82, 2.24) is 20.1 Å². The van der Waals surface area contributed by atoms with Crippen LogP contribution in [0.2, 0.25) is 0 Å². The average molecular weight is 420 g/mol. The van der Waals surface area contributed by atoms with Gasteiger partial charge in [-0.2, -0.15) is 11.3 Å². The molecule has 30 heavy (non-hydrogen) atoms. The Bertz CT molecular complexity index is 1210. The fourth-order valence-electron chi connectivity index (χ4n) is 3.32. The Morgan fingerprint density at radius 1 is 1.20 bits per heavy atom. The summed E-state index contributed by atoms with van der Waals surface area (Å²) in [7, 11) is 1.49. The van der Waals surface area contributed by atoms with Gasteiger partial charge in [-0.1, -0.05) is 18.2 Å². The number of pyridine rings is 1. The molecule has 4 aromatic rings. The molecule has 3 aromatic heterocycles. The molecule has 3 heterocycles. The smallest absolute Gasteiger partial charge is 0.275 e. The molecular weight excluding hydrogens is 400 g/mol. The predicted octanol–water partition coefficient (Wildman–Crippen LogP) is 2.96. The van der Waals surface area contributed by atoms with Crippen LogP contribution in [0, 0.1) is 0 Å². The van der Waals surface area contributed by atoms with E-state index in [1.165, 1.54) is 7.11 Å². The number of hydrogen-bond acceptors (Lipinski definition) is 6. The van der Waals surface area contributed by atoms with Crippen molar-refractivity contribution in [3.05, 3.63) is 87.1 Å². The molecule has 0 saturated heterocycles. The van der Waals surface area contributed by atoms with E-state index in [2.05, 4.69) is 20.8 Å². The number of fused-ring (bicyclic) bond motifs is 1. The molecule has 0 aliphatic carbocycles. The molecule has 8 heteroatoms. The molecule has 1 unspecified atom stereocenters. The Morgan fingerprint density at radius 3 is 2.73 bits per heavy atom. The highest BCUT2D eigenvalue weighted by atomic mass is 32.1. The first-order valence-electron chi connectivity index (χ1n) is 9.40. The second-order valence-electron chi connectivity index (χ2n) is 6.76. The fourth-order valence-corrected chi connectivity index (χ4v) is 4.00. The molecule has 1 amide bonds. The van der Waals surface area contributed by atoms with Crippen molar-refractivity contribution >= 4 is 28.0 Å². The van der Waals surface area contributed by atoms with Crippen LogP contribution in [-0.2, 0) is 17.8 Å². The van der Waals surface area contributed by atoms with Gasteiger partial charge in [-0.3, -0.25) is 14.6 Å². The maximum atomic E-state index is 12.8. The molecule has 4 rings (SSSR count). The SMILES string of the molecule is COc1nn(CC(=O)NC(Cc2ccsc2)c2cccnc2)c(=O)c2ccccc12. The zero-order chi connectivity index (χ0) is 20.9. The number of rotatable bonds is 7. The summed E-state index contributed by atoms with van der Waals surface area (Å²) < 4.78 is 6.46. The minimum atomic E-state index is -0.336. The Labute approximate surface area is 177 Å². The molecule has 0 spiro atoms. The minimum absolute atomic E-state index is 0.208. The van der Waals surface area contributed by atoms with E-state index in [9.17, 15) is 9.59 Å². The first-order valence-corrected chi connectivity index (χ1v) is 10.3. The number of nitrogens with zero attached hydrogens (tertiary/aromatic N) is 3. The molecule has 0 aliphatic heterocycles. The highest BCUT2D eigenvalue weighted by Crippen LogP contribution is 2.21.